The molecule has 3 N–H and O–H groups in total. The summed E-state index contributed by atoms with van der Waals surface area (Å²) in [4.78, 5) is 12.5. The predicted octanol–water partition coefficient (Wildman–Crippen LogP) is 2.63. The van der Waals surface area contributed by atoms with Crippen LogP contribution in [0.2, 0.25) is 0 Å². The van der Waals surface area contributed by atoms with Crippen LogP contribution in [0.3, 0.4) is 0 Å². The Hall–Kier alpha value is -0.640. The molecule has 1 fully saturated rings. The quantitative estimate of drug-likeness (QED) is 0.755. The van der Waals surface area contributed by atoms with E-state index in [9.17, 15) is 4.79 Å². The molecule has 1 unspecified atom stereocenters. The van der Waals surface area contributed by atoms with Crippen molar-refractivity contribution in [3.63, 3.8) is 0 Å². The van der Waals surface area contributed by atoms with E-state index in [2.05, 4.69) is 12.2 Å². The predicted molar refractivity (Wildman–Crippen MR) is 79.3 cm³/mol. The molecule has 1 atom stereocenters. The molecule has 4 heteroatoms. The first-order valence-electron chi connectivity index (χ1n) is 7.05. The first-order chi connectivity index (χ1) is 8.45. The molecule has 1 rings (SSSR count). The Bertz CT molecular complexity index is 296. The molecule has 0 aromatic carbocycles. The number of carbonyl (C=O) groups is 1. The van der Waals surface area contributed by atoms with E-state index < -0.39 is 0 Å². The second-order valence-corrected chi connectivity index (χ2v) is 6.23. The Morgan fingerprint density at radius 3 is 2.28 bits per heavy atom. The fraction of sp³-hybridized carbons (Fsp3) is 0.857. The summed E-state index contributed by atoms with van der Waals surface area (Å²) in [5.74, 6) is 0.686. The van der Waals surface area contributed by atoms with Crippen molar-refractivity contribution in [1.82, 2.24) is 5.32 Å². The molecule has 3 nitrogen and oxygen atoms in total. The molecule has 0 spiro atoms. The van der Waals surface area contributed by atoms with Gasteiger partial charge in [-0.15, -0.1) is 0 Å². The first kappa shape index (κ1) is 15.4. The Balaban J connectivity index is 2.47. The fourth-order valence-corrected chi connectivity index (χ4v) is 3.15. The molecule has 0 saturated heterocycles. The van der Waals surface area contributed by atoms with Gasteiger partial charge in [-0.1, -0.05) is 39.4 Å². The summed E-state index contributed by atoms with van der Waals surface area (Å²) in [5, 5.41) is 3.12. The minimum atomic E-state index is -0.330. The lowest BCUT2D eigenvalue weighted by molar-refractivity contribution is -0.125. The van der Waals surface area contributed by atoms with Crippen molar-refractivity contribution in [1.29, 1.82) is 0 Å². The highest BCUT2D eigenvalue weighted by atomic mass is 32.1. The first-order valence-corrected chi connectivity index (χ1v) is 7.46. The molecular formula is C14H26N2OS. The smallest absolute Gasteiger partial charge is 0.230 e. The minimum absolute atomic E-state index is 0.0115. The van der Waals surface area contributed by atoms with Crippen LogP contribution in [0.15, 0.2) is 0 Å². The molecule has 0 radical (unpaired) electrons. The standard InChI is InChI=1S/C14H26N2OS/c1-4-10-5-7-11(8-6-10)16-14(17)12(9(2)3)13(15)18/h9-12H,4-8H2,1-3H3,(H2,15,18)(H,16,17). The average molecular weight is 270 g/mol. The largest absolute Gasteiger partial charge is 0.393 e. The zero-order valence-electron chi connectivity index (χ0n) is 11.7. The van der Waals surface area contributed by atoms with Gasteiger partial charge in [0.1, 0.15) is 0 Å². The van der Waals surface area contributed by atoms with Gasteiger partial charge in [0.15, 0.2) is 0 Å². The maximum Gasteiger partial charge on any atom is 0.230 e. The zero-order valence-corrected chi connectivity index (χ0v) is 12.6. The summed E-state index contributed by atoms with van der Waals surface area (Å²) in [5.41, 5.74) is 5.66. The molecule has 1 saturated carbocycles. The van der Waals surface area contributed by atoms with Crippen LogP contribution in [-0.4, -0.2) is 16.9 Å². The summed E-state index contributed by atoms with van der Waals surface area (Å²) >= 11 is 4.99. The van der Waals surface area contributed by atoms with E-state index in [1.807, 2.05) is 13.8 Å². The van der Waals surface area contributed by atoms with Crippen molar-refractivity contribution >= 4 is 23.1 Å². The second-order valence-electron chi connectivity index (χ2n) is 5.76. The molecule has 104 valence electrons. The summed E-state index contributed by atoms with van der Waals surface area (Å²) in [6, 6.07) is 0.316. The maximum absolute atomic E-state index is 12.2. The lowest BCUT2D eigenvalue weighted by atomic mass is 9.84. The molecule has 0 heterocycles. The SMILES string of the molecule is CCC1CCC(NC(=O)C(C(N)=S)C(C)C)CC1. The van der Waals surface area contributed by atoms with E-state index in [-0.39, 0.29) is 17.7 Å². The third kappa shape index (κ3) is 4.23. The lowest BCUT2D eigenvalue weighted by Crippen LogP contribution is -2.46. The molecule has 0 bridgehead atoms. The average Bonchev–Trinajstić information content (AvgIpc) is 2.28. The summed E-state index contributed by atoms with van der Waals surface area (Å²) < 4.78 is 0. The third-order valence-corrected chi connectivity index (χ3v) is 4.28. The van der Waals surface area contributed by atoms with Crippen molar-refractivity contribution in [2.24, 2.45) is 23.5 Å². The monoisotopic (exact) mass is 270 g/mol. The Labute approximate surface area is 116 Å². The van der Waals surface area contributed by atoms with E-state index in [0.717, 1.165) is 18.8 Å². The van der Waals surface area contributed by atoms with E-state index in [1.54, 1.807) is 0 Å². The molecule has 1 amide bonds. The van der Waals surface area contributed by atoms with Crippen LogP contribution in [-0.2, 0) is 4.79 Å². The van der Waals surface area contributed by atoms with E-state index >= 15 is 0 Å². The van der Waals surface area contributed by atoms with Gasteiger partial charge in [-0.05, 0) is 37.5 Å². The van der Waals surface area contributed by atoms with Gasteiger partial charge >= 0.3 is 0 Å². The highest BCUT2D eigenvalue weighted by molar-refractivity contribution is 7.80. The fourth-order valence-electron chi connectivity index (χ4n) is 2.77. The highest BCUT2D eigenvalue weighted by Gasteiger charge is 2.28. The Morgan fingerprint density at radius 1 is 1.33 bits per heavy atom. The number of hydrogen-bond donors (Lipinski definition) is 2. The van der Waals surface area contributed by atoms with Gasteiger partial charge in [0.25, 0.3) is 0 Å². The molecule has 0 aromatic heterocycles. The topological polar surface area (TPSA) is 55.1 Å². The van der Waals surface area contributed by atoms with Crippen molar-refractivity contribution < 1.29 is 4.79 Å². The van der Waals surface area contributed by atoms with Crippen molar-refractivity contribution in [2.75, 3.05) is 0 Å². The van der Waals surface area contributed by atoms with Gasteiger partial charge in [-0.2, -0.15) is 0 Å². The number of nitrogens with two attached hydrogens (primary N) is 1. The van der Waals surface area contributed by atoms with Crippen LogP contribution >= 0.6 is 12.2 Å². The van der Waals surface area contributed by atoms with Crippen molar-refractivity contribution in [2.45, 2.75) is 58.9 Å². The Morgan fingerprint density at radius 2 is 1.89 bits per heavy atom. The molecule has 0 aromatic rings. The number of hydrogen-bond acceptors (Lipinski definition) is 2. The minimum Gasteiger partial charge on any atom is -0.393 e. The molecule has 0 aliphatic heterocycles. The number of rotatable bonds is 5. The lowest BCUT2D eigenvalue weighted by Gasteiger charge is -2.30. The normalized spacial score (nSPS) is 25.8. The molecular weight excluding hydrogens is 244 g/mol. The van der Waals surface area contributed by atoms with Gasteiger partial charge < -0.3 is 11.1 Å². The number of thiocarbonyl (C=S) groups is 1. The van der Waals surface area contributed by atoms with Gasteiger partial charge in [-0.25, -0.2) is 0 Å². The molecule has 1 aliphatic rings. The van der Waals surface area contributed by atoms with Crippen LogP contribution in [0.4, 0.5) is 0 Å². The maximum atomic E-state index is 12.2. The van der Waals surface area contributed by atoms with Crippen molar-refractivity contribution in [3.05, 3.63) is 0 Å². The van der Waals surface area contributed by atoms with Crippen LogP contribution in [0, 0.1) is 17.8 Å². The van der Waals surface area contributed by atoms with Crippen molar-refractivity contribution in [3.8, 4) is 0 Å². The summed E-state index contributed by atoms with van der Waals surface area (Å²) in [7, 11) is 0. The van der Waals surface area contributed by atoms with E-state index in [0.29, 0.717) is 11.0 Å². The van der Waals surface area contributed by atoms with Gasteiger partial charge in [-0.3, -0.25) is 4.79 Å². The van der Waals surface area contributed by atoms with E-state index in [4.69, 9.17) is 18.0 Å². The molecule has 1 aliphatic carbocycles. The molecule has 18 heavy (non-hydrogen) atoms. The summed E-state index contributed by atoms with van der Waals surface area (Å²) in [6.45, 7) is 6.21. The number of carbonyl (C=O) groups excluding carboxylic acids is 1. The van der Waals surface area contributed by atoms with Gasteiger partial charge in [0.2, 0.25) is 5.91 Å². The van der Waals surface area contributed by atoms with Gasteiger partial charge in [0.05, 0.1) is 10.9 Å². The van der Waals surface area contributed by atoms with Crippen LogP contribution in [0.5, 0.6) is 0 Å². The zero-order chi connectivity index (χ0) is 13.7. The van der Waals surface area contributed by atoms with Crippen LogP contribution in [0.1, 0.15) is 52.9 Å². The van der Waals surface area contributed by atoms with Crippen LogP contribution in [0.25, 0.3) is 0 Å². The summed E-state index contributed by atoms with van der Waals surface area (Å²) in [6.07, 6.45) is 5.88. The second kappa shape index (κ2) is 7.07. The third-order valence-electron chi connectivity index (χ3n) is 4.03. The van der Waals surface area contributed by atoms with Gasteiger partial charge in [0, 0.05) is 6.04 Å². The number of amides is 1. The number of nitrogens with one attached hydrogen (secondary N) is 1. The Kier molecular flexibility index (Phi) is 6.06. The highest BCUT2D eigenvalue weighted by Crippen LogP contribution is 2.26. The van der Waals surface area contributed by atoms with E-state index in [1.165, 1.54) is 19.3 Å². The van der Waals surface area contributed by atoms with Crippen LogP contribution < -0.4 is 11.1 Å².